The molecule has 0 saturated carbocycles. The lowest BCUT2D eigenvalue weighted by atomic mass is 10.2. The molecular weight excluding hydrogens is 212 g/mol. The first kappa shape index (κ1) is 10.8. The molecule has 0 aliphatic rings. The number of benzene rings is 1. The number of nitrogens with two attached hydrogens (primary N) is 1. The molecular formula is C11H11F2N3. The lowest BCUT2D eigenvalue weighted by Crippen LogP contribution is -2.04. The summed E-state index contributed by atoms with van der Waals surface area (Å²) in [5.41, 5.74) is 6.69. The lowest BCUT2D eigenvalue weighted by Gasteiger charge is -2.02. The molecule has 84 valence electrons. The molecule has 0 bridgehead atoms. The maximum absolute atomic E-state index is 12.9. The van der Waals surface area contributed by atoms with Gasteiger partial charge in [-0.3, -0.25) is 4.68 Å². The molecule has 1 aromatic carbocycles. The van der Waals surface area contributed by atoms with E-state index in [0.29, 0.717) is 18.7 Å². The van der Waals surface area contributed by atoms with E-state index in [1.807, 2.05) is 0 Å². The van der Waals surface area contributed by atoms with Crippen LogP contribution >= 0.6 is 0 Å². The van der Waals surface area contributed by atoms with E-state index in [0.717, 1.165) is 11.8 Å². The highest BCUT2D eigenvalue weighted by Crippen LogP contribution is 2.09. The van der Waals surface area contributed by atoms with Gasteiger partial charge in [-0.25, -0.2) is 8.78 Å². The maximum atomic E-state index is 12.9. The van der Waals surface area contributed by atoms with Gasteiger partial charge in [0.2, 0.25) is 0 Å². The zero-order chi connectivity index (χ0) is 11.5. The van der Waals surface area contributed by atoms with Crippen LogP contribution in [-0.4, -0.2) is 9.78 Å². The maximum Gasteiger partial charge on any atom is 0.126 e. The van der Waals surface area contributed by atoms with Gasteiger partial charge in [0, 0.05) is 18.8 Å². The second kappa shape index (κ2) is 4.40. The summed E-state index contributed by atoms with van der Waals surface area (Å²) in [5.74, 6) is -1.16. The zero-order valence-electron chi connectivity index (χ0n) is 8.53. The van der Waals surface area contributed by atoms with Crippen molar-refractivity contribution in [2.24, 2.45) is 5.73 Å². The summed E-state index contributed by atoms with van der Waals surface area (Å²) >= 11 is 0. The van der Waals surface area contributed by atoms with E-state index >= 15 is 0 Å². The Labute approximate surface area is 91.5 Å². The SMILES string of the molecule is NCc1ccn(Cc2cc(F)cc(F)c2)n1. The first-order chi connectivity index (χ1) is 7.67. The van der Waals surface area contributed by atoms with Crippen LogP contribution in [0.1, 0.15) is 11.3 Å². The lowest BCUT2D eigenvalue weighted by molar-refractivity contribution is 0.574. The Bertz CT molecular complexity index is 473. The standard InChI is InChI=1S/C11H11F2N3/c12-9-3-8(4-10(13)5-9)7-16-2-1-11(6-14)15-16/h1-5H,6-7,14H2. The van der Waals surface area contributed by atoms with Gasteiger partial charge >= 0.3 is 0 Å². The fourth-order valence-electron chi connectivity index (χ4n) is 1.49. The van der Waals surface area contributed by atoms with Crippen molar-refractivity contribution < 1.29 is 8.78 Å². The molecule has 0 aliphatic carbocycles. The van der Waals surface area contributed by atoms with E-state index in [1.54, 1.807) is 16.9 Å². The number of aromatic nitrogens is 2. The normalized spacial score (nSPS) is 10.7. The van der Waals surface area contributed by atoms with Crippen LogP contribution in [0, 0.1) is 11.6 Å². The summed E-state index contributed by atoms with van der Waals surface area (Å²) in [5, 5.41) is 4.13. The first-order valence-corrected chi connectivity index (χ1v) is 4.85. The van der Waals surface area contributed by atoms with Crippen LogP contribution in [0.4, 0.5) is 8.78 Å². The highest BCUT2D eigenvalue weighted by atomic mass is 19.1. The number of nitrogens with zero attached hydrogens (tertiary/aromatic N) is 2. The highest BCUT2D eigenvalue weighted by molar-refractivity contribution is 5.18. The summed E-state index contributed by atoms with van der Waals surface area (Å²) in [6.07, 6.45) is 1.73. The van der Waals surface area contributed by atoms with Crippen LogP contribution in [0.5, 0.6) is 0 Å². The zero-order valence-corrected chi connectivity index (χ0v) is 8.53. The quantitative estimate of drug-likeness (QED) is 0.860. The Kier molecular flexibility index (Phi) is 2.96. The smallest absolute Gasteiger partial charge is 0.126 e. The monoisotopic (exact) mass is 223 g/mol. The first-order valence-electron chi connectivity index (χ1n) is 4.85. The topological polar surface area (TPSA) is 43.8 Å². The van der Waals surface area contributed by atoms with Crippen molar-refractivity contribution in [3.63, 3.8) is 0 Å². The van der Waals surface area contributed by atoms with E-state index in [2.05, 4.69) is 5.10 Å². The summed E-state index contributed by atoms with van der Waals surface area (Å²) in [6.45, 7) is 0.680. The summed E-state index contributed by atoms with van der Waals surface area (Å²) < 4.78 is 27.4. The Morgan fingerprint density at radius 2 is 1.88 bits per heavy atom. The van der Waals surface area contributed by atoms with E-state index in [1.165, 1.54) is 12.1 Å². The van der Waals surface area contributed by atoms with Gasteiger partial charge in [0.25, 0.3) is 0 Å². The summed E-state index contributed by atoms with van der Waals surface area (Å²) in [7, 11) is 0. The third-order valence-electron chi connectivity index (χ3n) is 2.17. The van der Waals surface area contributed by atoms with Gasteiger partial charge in [0.05, 0.1) is 12.2 Å². The van der Waals surface area contributed by atoms with E-state index in [9.17, 15) is 8.78 Å². The molecule has 16 heavy (non-hydrogen) atoms. The van der Waals surface area contributed by atoms with Crippen molar-refractivity contribution in [1.82, 2.24) is 9.78 Å². The predicted molar refractivity (Wildman–Crippen MR) is 55.6 cm³/mol. The average Bonchev–Trinajstić information content (AvgIpc) is 2.64. The fraction of sp³-hybridized carbons (Fsp3) is 0.182. The van der Waals surface area contributed by atoms with Gasteiger partial charge in [0.15, 0.2) is 0 Å². The fourth-order valence-corrected chi connectivity index (χ4v) is 1.49. The van der Waals surface area contributed by atoms with Gasteiger partial charge in [-0.2, -0.15) is 5.10 Å². The molecule has 0 atom stereocenters. The van der Waals surface area contributed by atoms with Crippen molar-refractivity contribution in [3.05, 3.63) is 53.4 Å². The third-order valence-corrected chi connectivity index (χ3v) is 2.17. The molecule has 0 saturated heterocycles. The van der Waals surface area contributed by atoms with Gasteiger partial charge in [-0.1, -0.05) is 0 Å². The third kappa shape index (κ3) is 2.43. The molecule has 0 radical (unpaired) electrons. The van der Waals surface area contributed by atoms with Gasteiger partial charge in [0.1, 0.15) is 11.6 Å². The Morgan fingerprint density at radius 1 is 1.19 bits per heavy atom. The molecule has 5 heteroatoms. The molecule has 1 heterocycles. The highest BCUT2D eigenvalue weighted by Gasteiger charge is 2.02. The van der Waals surface area contributed by atoms with E-state index < -0.39 is 11.6 Å². The molecule has 0 aliphatic heterocycles. The van der Waals surface area contributed by atoms with E-state index in [-0.39, 0.29) is 0 Å². The Hall–Kier alpha value is -1.75. The summed E-state index contributed by atoms with van der Waals surface area (Å²) in [6, 6.07) is 5.19. The molecule has 2 rings (SSSR count). The summed E-state index contributed by atoms with van der Waals surface area (Å²) in [4.78, 5) is 0. The second-order valence-electron chi connectivity index (χ2n) is 3.49. The number of rotatable bonds is 3. The Balaban J connectivity index is 2.19. The number of halogens is 2. The van der Waals surface area contributed by atoms with Crippen LogP contribution in [0.15, 0.2) is 30.5 Å². The minimum Gasteiger partial charge on any atom is -0.325 e. The molecule has 2 aromatic rings. The molecule has 0 unspecified atom stereocenters. The van der Waals surface area contributed by atoms with Crippen molar-refractivity contribution >= 4 is 0 Å². The van der Waals surface area contributed by atoms with Crippen LogP contribution < -0.4 is 5.73 Å². The van der Waals surface area contributed by atoms with Gasteiger partial charge < -0.3 is 5.73 Å². The molecule has 3 nitrogen and oxygen atoms in total. The average molecular weight is 223 g/mol. The van der Waals surface area contributed by atoms with Crippen molar-refractivity contribution in [2.45, 2.75) is 13.1 Å². The molecule has 0 fully saturated rings. The number of hydrogen-bond donors (Lipinski definition) is 1. The largest absolute Gasteiger partial charge is 0.325 e. The van der Waals surface area contributed by atoms with Crippen LogP contribution in [0.25, 0.3) is 0 Å². The predicted octanol–water partition coefficient (Wildman–Crippen LogP) is 1.67. The van der Waals surface area contributed by atoms with Crippen LogP contribution in [0.3, 0.4) is 0 Å². The minimum absolute atomic E-state index is 0.328. The van der Waals surface area contributed by atoms with Crippen molar-refractivity contribution in [1.29, 1.82) is 0 Å². The number of hydrogen-bond acceptors (Lipinski definition) is 2. The van der Waals surface area contributed by atoms with Gasteiger partial charge in [-0.05, 0) is 23.8 Å². The van der Waals surface area contributed by atoms with Crippen molar-refractivity contribution in [2.75, 3.05) is 0 Å². The van der Waals surface area contributed by atoms with Crippen molar-refractivity contribution in [3.8, 4) is 0 Å². The molecule has 0 spiro atoms. The van der Waals surface area contributed by atoms with Gasteiger partial charge in [-0.15, -0.1) is 0 Å². The molecule has 1 aromatic heterocycles. The second-order valence-corrected chi connectivity index (χ2v) is 3.49. The molecule has 0 amide bonds. The minimum atomic E-state index is -0.582. The molecule has 2 N–H and O–H groups in total. The van der Waals surface area contributed by atoms with E-state index in [4.69, 9.17) is 5.73 Å². The Morgan fingerprint density at radius 3 is 2.44 bits per heavy atom. The van der Waals surface area contributed by atoms with Crippen LogP contribution in [-0.2, 0) is 13.1 Å². The van der Waals surface area contributed by atoms with Crippen LogP contribution in [0.2, 0.25) is 0 Å².